The quantitative estimate of drug-likeness (QED) is 0.927. The summed E-state index contributed by atoms with van der Waals surface area (Å²) >= 11 is 0. The Labute approximate surface area is 109 Å². The van der Waals surface area contributed by atoms with Crippen LogP contribution in [-0.4, -0.2) is 9.78 Å². The molecule has 4 nitrogen and oxygen atoms in total. The van der Waals surface area contributed by atoms with E-state index in [9.17, 15) is 8.78 Å². The molecule has 0 bridgehead atoms. The molecule has 2 aromatic rings. The number of halogens is 2. The van der Waals surface area contributed by atoms with Crippen LogP contribution in [0.15, 0.2) is 18.2 Å². The zero-order valence-electron chi connectivity index (χ0n) is 10.9. The summed E-state index contributed by atoms with van der Waals surface area (Å²) in [4.78, 5) is 0. The molecule has 0 saturated heterocycles. The van der Waals surface area contributed by atoms with Gasteiger partial charge in [-0.3, -0.25) is 0 Å². The van der Waals surface area contributed by atoms with Crippen LogP contribution in [0.4, 0.5) is 14.5 Å². The second-order valence-corrected chi connectivity index (χ2v) is 4.55. The van der Waals surface area contributed by atoms with E-state index in [1.165, 1.54) is 0 Å². The number of aromatic nitrogens is 2. The van der Waals surface area contributed by atoms with Gasteiger partial charge in [0.2, 0.25) is 5.88 Å². The van der Waals surface area contributed by atoms with E-state index in [4.69, 9.17) is 10.5 Å². The van der Waals surface area contributed by atoms with E-state index in [2.05, 4.69) is 5.10 Å². The van der Waals surface area contributed by atoms with Crippen LogP contribution in [0.2, 0.25) is 0 Å². The van der Waals surface area contributed by atoms with Crippen LogP contribution in [0, 0.1) is 18.6 Å². The van der Waals surface area contributed by atoms with Crippen LogP contribution < -0.4 is 10.5 Å². The summed E-state index contributed by atoms with van der Waals surface area (Å²) in [6, 6.07) is 2.98. The highest BCUT2D eigenvalue weighted by molar-refractivity contribution is 5.54. The third-order valence-electron chi connectivity index (χ3n) is 2.63. The minimum Gasteiger partial charge on any atom is -0.437 e. The van der Waals surface area contributed by atoms with E-state index in [1.807, 2.05) is 13.8 Å². The van der Waals surface area contributed by atoms with Crippen molar-refractivity contribution in [2.24, 2.45) is 0 Å². The van der Waals surface area contributed by atoms with E-state index >= 15 is 0 Å². The molecule has 6 heteroatoms. The van der Waals surface area contributed by atoms with Gasteiger partial charge in [0, 0.05) is 18.2 Å². The Balaban J connectivity index is 2.42. The Bertz CT molecular complexity index is 588. The van der Waals surface area contributed by atoms with E-state index < -0.39 is 11.6 Å². The lowest BCUT2D eigenvalue weighted by atomic mass is 10.3. The Morgan fingerprint density at radius 2 is 1.79 bits per heavy atom. The minimum atomic E-state index is -0.707. The second-order valence-electron chi connectivity index (χ2n) is 4.55. The first-order chi connectivity index (χ1) is 8.88. The number of ether oxygens (including phenoxy) is 1. The van der Waals surface area contributed by atoms with Crippen molar-refractivity contribution in [3.63, 3.8) is 0 Å². The molecule has 1 heterocycles. The molecule has 102 valence electrons. The van der Waals surface area contributed by atoms with E-state index in [0.29, 0.717) is 11.4 Å². The Hall–Kier alpha value is -2.11. The van der Waals surface area contributed by atoms with Gasteiger partial charge in [0.15, 0.2) is 0 Å². The Kier molecular flexibility index (Phi) is 3.42. The normalized spacial score (nSPS) is 11.1. The lowest BCUT2D eigenvalue weighted by Crippen LogP contribution is -2.05. The molecule has 2 N–H and O–H groups in total. The fourth-order valence-corrected chi connectivity index (χ4v) is 1.69. The van der Waals surface area contributed by atoms with Gasteiger partial charge in [-0.1, -0.05) is 0 Å². The summed E-state index contributed by atoms with van der Waals surface area (Å²) in [6.07, 6.45) is 0. The number of rotatable bonds is 3. The smallest absolute Gasteiger partial charge is 0.241 e. The van der Waals surface area contributed by atoms with Crippen LogP contribution in [-0.2, 0) is 0 Å². The van der Waals surface area contributed by atoms with Gasteiger partial charge in [0.1, 0.15) is 23.1 Å². The molecule has 0 aliphatic carbocycles. The molecule has 19 heavy (non-hydrogen) atoms. The van der Waals surface area contributed by atoms with Gasteiger partial charge in [-0.25, -0.2) is 13.5 Å². The molecule has 1 aromatic carbocycles. The average Bonchev–Trinajstić information content (AvgIpc) is 2.56. The highest BCUT2D eigenvalue weighted by atomic mass is 19.1. The largest absolute Gasteiger partial charge is 0.437 e. The summed E-state index contributed by atoms with van der Waals surface area (Å²) < 4.78 is 33.3. The average molecular weight is 267 g/mol. The van der Waals surface area contributed by atoms with E-state index in [-0.39, 0.29) is 17.7 Å². The lowest BCUT2D eigenvalue weighted by Gasteiger charge is -2.12. The number of anilines is 1. The molecular formula is C13H15F2N3O. The highest BCUT2D eigenvalue weighted by Crippen LogP contribution is 2.32. The third-order valence-corrected chi connectivity index (χ3v) is 2.63. The summed E-state index contributed by atoms with van der Waals surface area (Å²) in [5.41, 5.74) is 6.84. The molecule has 0 amide bonds. The first-order valence-corrected chi connectivity index (χ1v) is 5.87. The van der Waals surface area contributed by atoms with Crippen LogP contribution >= 0.6 is 0 Å². The molecule has 1 aromatic heterocycles. The fraction of sp³-hybridized carbons (Fsp3) is 0.308. The number of nitrogen functional groups attached to an aromatic ring is 1. The lowest BCUT2D eigenvalue weighted by molar-refractivity contribution is 0.385. The summed E-state index contributed by atoms with van der Waals surface area (Å²) in [5.74, 6) is -1.08. The predicted octanol–water partition coefficient (Wildman–Crippen LogP) is 3.43. The molecule has 0 atom stereocenters. The van der Waals surface area contributed by atoms with Crippen LogP contribution in [0.25, 0.3) is 0 Å². The number of hydrogen-bond donors (Lipinski definition) is 1. The monoisotopic (exact) mass is 267 g/mol. The maximum Gasteiger partial charge on any atom is 0.241 e. The molecule has 0 saturated carbocycles. The zero-order chi connectivity index (χ0) is 14.2. The maximum absolute atomic E-state index is 13.1. The second kappa shape index (κ2) is 4.87. The van der Waals surface area contributed by atoms with Crippen molar-refractivity contribution in [1.29, 1.82) is 0 Å². The number of aryl methyl sites for hydroxylation is 1. The summed E-state index contributed by atoms with van der Waals surface area (Å²) in [7, 11) is 0. The predicted molar refractivity (Wildman–Crippen MR) is 68.2 cm³/mol. The molecule has 0 spiro atoms. The number of benzene rings is 1. The van der Waals surface area contributed by atoms with Crippen molar-refractivity contribution in [2.45, 2.75) is 26.8 Å². The number of nitrogens with two attached hydrogens (primary N) is 1. The highest BCUT2D eigenvalue weighted by Gasteiger charge is 2.17. The van der Waals surface area contributed by atoms with Crippen molar-refractivity contribution in [3.05, 3.63) is 35.5 Å². The maximum atomic E-state index is 13.1. The third kappa shape index (κ3) is 2.67. The molecule has 0 unspecified atom stereocenters. The Morgan fingerprint density at radius 3 is 2.32 bits per heavy atom. The fourth-order valence-electron chi connectivity index (χ4n) is 1.69. The van der Waals surface area contributed by atoms with Gasteiger partial charge < -0.3 is 10.5 Å². The molecule has 2 rings (SSSR count). The Morgan fingerprint density at radius 1 is 1.21 bits per heavy atom. The summed E-state index contributed by atoms with van der Waals surface area (Å²) in [5, 5.41) is 4.23. The zero-order valence-corrected chi connectivity index (χ0v) is 10.9. The van der Waals surface area contributed by atoms with E-state index in [1.54, 1.807) is 11.6 Å². The van der Waals surface area contributed by atoms with Crippen LogP contribution in [0.5, 0.6) is 11.6 Å². The van der Waals surface area contributed by atoms with Crippen molar-refractivity contribution < 1.29 is 13.5 Å². The first-order valence-electron chi connectivity index (χ1n) is 5.87. The molecule has 0 aliphatic rings. The standard InChI is InChI=1S/C13H15F2N3O/c1-7(2)18-13(12(16)8(3)17-18)19-11-5-9(14)4-10(15)6-11/h4-7H,16H2,1-3H3. The van der Waals surface area contributed by atoms with Crippen LogP contribution in [0.3, 0.4) is 0 Å². The molecular weight excluding hydrogens is 252 g/mol. The van der Waals surface area contributed by atoms with Gasteiger partial charge >= 0.3 is 0 Å². The summed E-state index contributed by atoms with van der Waals surface area (Å²) in [6.45, 7) is 5.56. The number of hydrogen-bond acceptors (Lipinski definition) is 3. The van der Waals surface area contributed by atoms with Gasteiger partial charge in [0.05, 0.1) is 11.7 Å². The van der Waals surface area contributed by atoms with E-state index in [0.717, 1.165) is 18.2 Å². The van der Waals surface area contributed by atoms with Gasteiger partial charge in [-0.15, -0.1) is 0 Å². The van der Waals surface area contributed by atoms with Gasteiger partial charge in [0.25, 0.3) is 0 Å². The van der Waals surface area contributed by atoms with Crippen molar-refractivity contribution >= 4 is 5.69 Å². The molecule has 0 aliphatic heterocycles. The van der Waals surface area contributed by atoms with Crippen molar-refractivity contribution in [3.8, 4) is 11.6 Å². The SMILES string of the molecule is Cc1nn(C(C)C)c(Oc2cc(F)cc(F)c2)c1N. The van der Waals surface area contributed by atoms with Crippen molar-refractivity contribution in [1.82, 2.24) is 9.78 Å². The van der Waals surface area contributed by atoms with Gasteiger partial charge in [-0.05, 0) is 20.8 Å². The number of nitrogens with zero attached hydrogens (tertiary/aromatic N) is 2. The van der Waals surface area contributed by atoms with Gasteiger partial charge in [-0.2, -0.15) is 5.10 Å². The topological polar surface area (TPSA) is 53.1 Å². The molecule has 0 radical (unpaired) electrons. The van der Waals surface area contributed by atoms with Crippen LogP contribution in [0.1, 0.15) is 25.6 Å². The molecule has 0 fully saturated rings. The first kappa shape index (κ1) is 13.3. The minimum absolute atomic E-state index is 0.0180. The van der Waals surface area contributed by atoms with Crippen molar-refractivity contribution in [2.75, 3.05) is 5.73 Å².